The second-order valence-electron chi connectivity index (χ2n) is 5.03. The molecule has 0 saturated carbocycles. The summed E-state index contributed by atoms with van der Waals surface area (Å²) in [4.78, 5) is 4.25. The number of rotatable bonds is 2. The third-order valence-electron chi connectivity index (χ3n) is 3.78. The number of hydrogen-bond donors (Lipinski definition) is 1. The SMILES string of the molecule is O[C@@H]1CO[C@H]2[C@H]1OC[C@H]2n1cc(-c2ccccn2)nn1. The Hall–Kier alpha value is -1.83. The predicted octanol–water partition coefficient (Wildman–Crippen LogP) is 0.0397. The molecule has 4 atom stereocenters. The van der Waals surface area contributed by atoms with E-state index in [9.17, 15) is 5.11 Å². The number of pyridine rings is 1. The van der Waals surface area contributed by atoms with Crippen LogP contribution in [0.3, 0.4) is 0 Å². The molecule has 1 N–H and O–H groups in total. The van der Waals surface area contributed by atoms with Gasteiger partial charge in [-0.15, -0.1) is 5.10 Å². The van der Waals surface area contributed by atoms with Gasteiger partial charge in [0.2, 0.25) is 0 Å². The van der Waals surface area contributed by atoms with Gasteiger partial charge in [-0.25, -0.2) is 4.68 Å². The third-order valence-corrected chi connectivity index (χ3v) is 3.78. The van der Waals surface area contributed by atoms with Crippen LogP contribution in [0.4, 0.5) is 0 Å². The van der Waals surface area contributed by atoms with E-state index in [0.717, 1.165) is 5.69 Å². The predicted molar refractivity (Wildman–Crippen MR) is 67.8 cm³/mol. The zero-order valence-electron chi connectivity index (χ0n) is 10.7. The van der Waals surface area contributed by atoms with E-state index in [2.05, 4.69) is 15.3 Å². The molecular weight excluding hydrogens is 260 g/mol. The van der Waals surface area contributed by atoms with E-state index in [-0.39, 0.29) is 18.2 Å². The first-order chi connectivity index (χ1) is 9.83. The molecule has 0 radical (unpaired) electrons. The summed E-state index contributed by atoms with van der Waals surface area (Å²) in [6.45, 7) is 0.783. The van der Waals surface area contributed by atoms with Gasteiger partial charge in [-0.2, -0.15) is 0 Å². The molecule has 7 heteroatoms. The summed E-state index contributed by atoms with van der Waals surface area (Å²) >= 11 is 0. The number of ether oxygens (including phenoxy) is 2. The lowest BCUT2D eigenvalue weighted by atomic mass is 10.1. The van der Waals surface area contributed by atoms with Crippen molar-refractivity contribution in [2.75, 3.05) is 13.2 Å². The fourth-order valence-corrected chi connectivity index (χ4v) is 2.76. The Labute approximate surface area is 115 Å². The first-order valence-corrected chi connectivity index (χ1v) is 6.57. The average molecular weight is 274 g/mol. The summed E-state index contributed by atoms with van der Waals surface area (Å²) in [5.41, 5.74) is 1.49. The lowest BCUT2D eigenvalue weighted by Gasteiger charge is -2.15. The van der Waals surface area contributed by atoms with Gasteiger partial charge in [0.05, 0.1) is 25.1 Å². The van der Waals surface area contributed by atoms with Crippen molar-refractivity contribution in [3.8, 4) is 11.4 Å². The zero-order chi connectivity index (χ0) is 13.5. The monoisotopic (exact) mass is 274 g/mol. The maximum Gasteiger partial charge on any atom is 0.131 e. The molecule has 0 unspecified atom stereocenters. The highest BCUT2D eigenvalue weighted by atomic mass is 16.6. The van der Waals surface area contributed by atoms with Gasteiger partial charge in [0.25, 0.3) is 0 Å². The van der Waals surface area contributed by atoms with E-state index in [1.165, 1.54) is 0 Å². The molecule has 0 aliphatic carbocycles. The normalized spacial score (nSPS) is 32.5. The van der Waals surface area contributed by atoms with Gasteiger partial charge in [0, 0.05) is 6.20 Å². The number of aromatic nitrogens is 4. The largest absolute Gasteiger partial charge is 0.388 e. The molecule has 2 fully saturated rings. The Morgan fingerprint density at radius 3 is 2.90 bits per heavy atom. The van der Waals surface area contributed by atoms with Crippen molar-refractivity contribution in [1.29, 1.82) is 0 Å². The summed E-state index contributed by atoms with van der Waals surface area (Å²) in [6.07, 6.45) is 2.58. The molecule has 4 rings (SSSR count). The highest BCUT2D eigenvalue weighted by Gasteiger charge is 2.48. The quantitative estimate of drug-likeness (QED) is 0.832. The zero-order valence-corrected chi connectivity index (χ0v) is 10.7. The molecule has 0 spiro atoms. The second kappa shape index (κ2) is 4.62. The van der Waals surface area contributed by atoms with Crippen LogP contribution in [0.5, 0.6) is 0 Å². The fourth-order valence-electron chi connectivity index (χ4n) is 2.76. The molecule has 2 aromatic heterocycles. The fraction of sp³-hybridized carbons (Fsp3) is 0.462. The van der Waals surface area contributed by atoms with Crippen molar-refractivity contribution < 1.29 is 14.6 Å². The molecule has 7 nitrogen and oxygen atoms in total. The van der Waals surface area contributed by atoms with Crippen LogP contribution in [0.2, 0.25) is 0 Å². The standard InChI is InChI=1S/C13H14N4O3/c18-11-7-20-12-10(6-19-13(11)12)17-5-9(15-16-17)8-3-1-2-4-14-8/h1-5,10-13,18H,6-7H2/t10-,11-,12-,13+/m1/s1. The maximum absolute atomic E-state index is 9.74. The Bertz CT molecular complexity index is 603. The van der Waals surface area contributed by atoms with Gasteiger partial charge in [0.1, 0.15) is 30.0 Å². The Morgan fingerprint density at radius 2 is 2.05 bits per heavy atom. The smallest absolute Gasteiger partial charge is 0.131 e. The van der Waals surface area contributed by atoms with Crippen molar-refractivity contribution in [1.82, 2.24) is 20.0 Å². The Kier molecular flexibility index (Phi) is 2.76. The molecule has 20 heavy (non-hydrogen) atoms. The van der Waals surface area contributed by atoms with E-state index in [0.29, 0.717) is 18.9 Å². The van der Waals surface area contributed by atoms with Crippen LogP contribution in [-0.2, 0) is 9.47 Å². The topological polar surface area (TPSA) is 82.3 Å². The molecule has 104 valence electrons. The van der Waals surface area contributed by atoms with Crippen molar-refractivity contribution >= 4 is 0 Å². The molecule has 2 aromatic rings. The third kappa shape index (κ3) is 1.82. The molecule has 2 aliphatic rings. The van der Waals surface area contributed by atoms with Crippen LogP contribution in [0.1, 0.15) is 6.04 Å². The summed E-state index contributed by atoms with van der Waals surface area (Å²) in [7, 11) is 0. The minimum atomic E-state index is -0.552. The highest BCUT2D eigenvalue weighted by Crippen LogP contribution is 2.34. The molecular formula is C13H14N4O3. The number of aliphatic hydroxyl groups is 1. The van der Waals surface area contributed by atoms with Crippen molar-refractivity contribution in [3.05, 3.63) is 30.6 Å². The van der Waals surface area contributed by atoms with Crippen molar-refractivity contribution in [2.45, 2.75) is 24.4 Å². The molecule has 0 bridgehead atoms. The highest BCUT2D eigenvalue weighted by molar-refractivity contribution is 5.51. The molecule has 2 aliphatic heterocycles. The molecule has 0 aromatic carbocycles. The number of hydrogen-bond acceptors (Lipinski definition) is 6. The van der Waals surface area contributed by atoms with E-state index in [1.54, 1.807) is 10.9 Å². The Balaban J connectivity index is 1.60. The molecule has 2 saturated heterocycles. The Morgan fingerprint density at radius 1 is 1.15 bits per heavy atom. The maximum atomic E-state index is 9.74. The van der Waals surface area contributed by atoms with Gasteiger partial charge >= 0.3 is 0 Å². The van der Waals surface area contributed by atoms with Crippen LogP contribution in [0, 0.1) is 0 Å². The van der Waals surface area contributed by atoms with E-state index >= 15 is 0 Å². The van der Waals surface area contributed by atoms with Gasteiger partial charge in [-0.1, -0.05) is 11.3 Å². The summed E-state index contributed by atoms with van der Waals surface area (Å²) in [5.74, 6) is 0. The lowest BCUT2D eigenvalue weighted by Crippen LogP contribution is -2.30. The van der Waals surface area contributed by atoms with Gasteiger partial charge in [0.15, 0.2) is 0 Å². The minimum Gasteiger partial charge on any atom is -0.388 e. The number of fused-ring (bicyclic) bond motifs is 1. The number of nitrogens with zero attached hydrogens (tertiary/aromatic N) is 4. The first-order valence-electron chi connectivity index (χ1n) is 6.57. The average Bonchev–Trinajstić information content (AvgIpc) is 3.18. The van der Waals surface area contributed by atoms with Crippen LogP contribution in [0.25, 0.3) is 11.4 Å². The van der Waals surface area contributed by atoms with E-state index < -0.39 is 6.10 Å². The summed E-state index contributed by atoms with van der Waals surface area (Å²) < 4.78 is 12.9. The lowest BCUT2D eigenvalue weighted by molar-refractivity contribution is 0.0169. The van der Waals surface area contributed by atoms with Crippen LogP contribution < -0.4 is 0 Å². The molecule has 4 heterocycles. The summed E-state index contributed by atoms with van der Waals surface area (Å²) in [5, 5.41) is 18.0. The van der Waals surface area contributed by atoms with E-state index in [1.807, 2.05) is 24.4 Å². The van der Waals surface area contributed by atoms with E-state index in [4.69, 9.17) is 9.47 Å². The van der Waals surface area contributed by atoms with Crippen LogP contribution in [-0.4, -0.2) is 56.6 Å². The van der Waals surface area contributed by atoms with Crippen molar-refractivity contribution in [2.24, 2.45) is 0 Å². The van der Waals surface area contributed by atoms with Gasteiger partial charge in [-0.05, 0) is 12.1 Å². The molecule has 0 amide bonds. The van der Waals surface area contributed by atoms with Crippen LogP contribution >= 0.6 is 0 Å². The van der Waals surface area contributed by atoms with Gasteiger partial charge < -0.3 is 14.6 Å². The minimum absolute atomic E-state index is 0.0536. The number of aliphatic hydroxyl groups excluding tert-OH is 1. The van der Waals surface area contributed by atoms with Crippen LogP contribution in [0.15, 0.2) is 30.6 Å². The van der Waals surface area contributed by atoms with Gasteiger partial charge in [-0.3, -0.25) is 4.98 Å². The first kappa shape index (κ1) is 12.0. The summed E-state index contributed by atoms with van der Waals surface area (Å²) in [6, 6.07) is 5.60. The second-order valence-corrected chi connectivity index (χ2v) is 5.03. The van der Waals surface area contributed by atoms with Crippen molar-refractivity contribution in [3.63, 3.8) is 0 Å².